The Kier molecular flexibility index (Phi) is 6.69. The molecule has 0 fully saturated rings. The van der Waals surface area contributed by atoms with Crippen molar-refractivity contribution in [3.63, 3.8) is 0 Å². The number of rotatable bonds is 3. The molecule has 0 N–H and O–H groups in total. The molecular formula is C19H20O2. The smallest absolute Gasteiger partial charge is 0.338 e. The van der Waals surface area contributed by atoms with E-state index in [-0.39, 0.29) is 5.97 Å². The summed E-state index contributed by atoms with van der Waals surface area (Å²) in [6.07, 6.45) is 1.83. The summed E-state index contributed by atoms with van der Waals surface area (Å²) in [5.74, 6) is 0.213. The fourth-order valence-electron chi connectivity index (χ4n) is 1.45. The van der Waals surface area contributed by atoms with Crippen LogP contribution in [-0.2, 0) is 4.79 Å². The maximum atomic E-state index is 11.1. The van der Waals surface area contributed by atoms with E-state index in [4.69, 9.17) is 4.74 Å². The van der Waals surface area contributed by atoms with Gasteiger partial charge >= 0.3 is 5.97 Å². The van der Waals surface area contributed by atoms with Gasteiger partial charge in [-0.15, -0.1) is 0 Å². The molecule has 0 heterocycles. The number of carbonyl (C=O) groups is 1. The normalized spacial score (nSPS) is 9.05. The molecular weight excluding hydrogens is 260 g/mol. The lowest BCUT2D eigenvalue weighted by Gasteiger charge is -2.05. The minimum absolute atomic E-state index is 0.380. The minimum atomic E-state index is -0.380. The monoisotopic (exact) mass is 280 g/mol. The molecule has 21 heavy (non-hydrogen) atoms. The van der Waals surface area contributed by atoms with E-state index in [2.05, 4.69) is 13.2 Å². The Hall–Kier alpha value is -2.61. The zero-order chi connectivity index (χ0) is 15.7. The second-order valence-electron chi connectivity index (χ2n) is 4.55. The highest BCUT2D eigenvalue weighted by Gasteiger charge is 2.06. The molecule has 108 valence electrons. The van der Waals surface area contributed by atoms with Gasteiger partial charge in [-0.2, -0.15) is 0 Å². The average Bonchev–Trinajstić information content (AvgIpc) is 2.51. The first kappa shape index (κ1) is 16.4. The Bertz CT molecular complexity index is 612. The maximum absolute atomic E-state index is 11.1. The van der Waals surface area contributed by atoms with Crippen molar-refractivity contribution in [2.75, 3.05) is 0 Å². The summed E-state index contributed by atoms with van der Waals surface area (Å²) in [5, 5.41) is 0. The van der Waals surface area contributed by atoms with Gasteiger partial charge in [0.1, 0.15) is 5.75 Å². The molecule has 0 saturated heterocycles. The summed E-state index contributed by atoms with van der Waals surface area (Å²) in [4.78, 5) is 11.1. The lowest BCUT2D eigenvalue weighted by atomic mass is 10.2. The summed E-state index contributed by atoms with van der Waals surface area (Å²) >= 11 is 0. The zero-order valence-corrected chi connectivity index (χ0v) is 12.5. The van der Waals surface area contributed by atoms with Gasteiger partial charge in [-0.25, -0.2) is 4.79 Å². The van der Waals surface area contributed by atoms with Crippen molar-refractivity contribution in [2.45, 2.75) is 13.8 Å². The summed E-state index contributed by atoms with van der Waals surface area (Å²) in [7, 11) is 0. The quantitative estimate of drug-likeness (QED) is 0.458. The number of carbonyl (C=O) groups excluding carboxylic acids is 1. The van der Waals surface area contributed by atoms with Gasteiger partial charge in [0.05, 0.1) is 0 Å². The SMILES string of the molecule is C=C(C)C(=O)Oc1ccccc1C.C=Cc1ccccc1. The number of esters is 1. The van der Waals surface area contributed by atoms with E-state index < -0.39 is 0 Å². The summed E-state index contributed by atoms with van der Waals surface area (Å²) < 4.78 is 5.07. The lowest BCUT2D eigenvalue weighted by Crippen LogP contribution is -2.08. The van der Waals surface area contributed by atoms with E-state index in [1.54, 1.807) is 13.0 Å². The van der Waals surface area contributed by atoms with Crippen LogP contribution in [0.5, 0.6) is 5.75 Å². The highest BCUT2D eigenvalue weighted by Crippen LogP contribution is 2.16. The molecule has 0 aliphatic rings. The van der Waals surface area contributed by atoms with Gasteiger partial charge in [0.2, 0.25) is 0 Å². The molecule has 0 unspecified atom stereocenters. The zero-order valence-electron chi connectivity index (χ0n) is 12.5. The molecule has 0 amide bonds. The molecule has 0 saturated carbocycles. The Balaban J connectivity index is 0.000000235. The fraction of sp³-hybridized carbons (Fsp3) is 0.105. The highest BCUT2D eigenvalue weighted by atomic mass is 16.5. The first-order chi connectivity index (χ1) is 10.0. The van der Waals surface area contributed by atoms with E-state index in [0.29, 0.717) is 11.3 Å². The number of hydrogen-bond donors (Lipinski definition) is 0. The Morgan fingerprint density at radius 2 is 1.62 bits per heavy atom. The molecule has 2 aromatic carbocycles. The summed E-state index contributed by atoms with van der Waals surface area (Å²) in [5.41, 5.74) is 2.52. The predicted molar refractivity (Wildman–Crippen MR) is 88.2 cm³/mol. The number of ether oxygens (including phenoxy) is 1. The third kappa shape index (κ3) is 5.91. The Morgan fingerprint density at radius 1 is 1.05 bits per heavy atom. The predicted octanol–water partition coefficient (Wildman–Crippen LogP) is 4.81. The molecule has 2 heteroatoms. The fourth-order valence-corrected chi connectivity index (χ4v) is 1.45. The molecule has 0 bridgehead atoms. The Labute approximate surface area is 126 Å². The van der Waals surface area contributed by atoms with Crippen molar-refractivity contribution >= 4 is 12.0 Å². The molecule has 0 aromatic heterocycles. The van der Waals surface area contributed by atoms with Crippen LogP contribution in [0.1, 0.15) is 18.1 Å². The van der Waals surface area contributed by atoms with Gasteiger partial charge < -0.3 is 4.74 Å². The lowest BCUT2D eigenvalue weighted by molar-refractivity contribution is -0.130. The van der Waals surface area contributed by atoms with E-state index in [0.717, 1.165) is 5.56 Å². The largest absolute Gasteiger partial charge is 0.423 e. The van der Waals surface area contributed by atoms with Gasteiger partial charge in [-0.05, 0) is 31.0 Å². The third-order valence-corrected chi connectivity index (χ3v) is 2.68. The second-order valence-corrected chi connectivity index (χ2v) is 4.55. The molecule has 0 spiro atoms. The van der Waals surface area contributed by atoms with Gasteiger partial charge in [0.25, 0.3) is 0 Å². The average molecular weight is 280 g/mol. The number of hydrogen-bond acceptors (Lipinski definition) is 2. The highest BCUT2D eigenvalue weighted by molar-refractivity contribution is 5.88. The molecule has 0 radical (unpaired) electrons. The van der Waals surface area contributed by atoms with Crippen LogP contribution in [0.4, 0.5) is 0 Å². The van der Waals surface area contributed by atoms with Crippen molar-refractivity contribution < 1.29 is 9.53 Å². The van der Waals surface area contributed by atoms with Crippen LogP contribution in [0.2, 0.25) is 0 Å². The van der Waals surface area contributed by atoms with Crippen LogP contribution in [0, 0.1) is 6.92 Å². The summed E-state index contributed by atoms with van der Waals surface area (Å²) in [6.45, 7) is 10.7. The van der Waals surface area contributed by atoms with Crippen LogP contribution in [0.25, 0.3) is 6.08 Å². The Morgan fingerprint density at radius 3 is 2.10 bits per heavy atom. The molecule has 0 aliphatic carbocycles. The van der Waals surface area contributed by atoms with Crippen LogP contribution in [-0.4, -0.2) is 5.97 Å². The van der Waals surface area contributed by atoms with E-state index in [9.17, 15) is 4.79 Å². The van der Waals surface area contributed by atoms with Gasteiger partial charge in [0, 0.05) is 5.57 Å². The number of benzene rings is 2. The van der Waals surface area contributed by atoms with Gasteiger partial charge in [-0.1, -0.05) is 67.8 Å². The molecule has 2 nitrogen and oxygen atoms in total. The van der Waals surface area contributed by atoms with Crippen molar-refractivity contribution in [2.24, 2.45) is 0 Å². The first-order valence-electron chi connectivity index (χ1n) is 6.65. The first-order valence-corrected chi connectivity index (χ1v) is 6.65. The number of aryl methyl sites for hydroxylation is 1. The van der Waals surface area contributed by atoms with Crippen LogP contribution < -0.4 is 4.74 Å². The van der Waals surface area contributed by atoms with Crippen molar-refractivity contribution in [3.8, 4) is 5.75 Å². The maximum Gasteiger partial charge on any atom is 0.338 e. The molecule has 0 atom stereocenters. The topological polar surface area (TPSA) is 26.3 Å². The molecule has 0 aliphatic heterocycles. The third-order valence-electron chi connectivity index (χ3n) is 2.68. The summed E-state index contributed by atoms with van der Waals surface area (Å²) in [6, 6.07) is 17.4. The van der Waals surface area contributed by atoms with Gasteiger partial charge in [0.15, 0.2) is 0 Å². The van der Waals surface area contributed by atoms with E-state index in [1.165, 1.54) is 5.56 Å². The van der Waals surface area contributed by atoms with Crippen LogP contribution in [0.3, 0.4) is 0 Å². The van der Waals surface area contributed by atoms with Crippen molar-refractivity contribution in [1.29, 1.82) is 0 Å². The van der Waals surface area contributed by atoms with Crippen LogP contribution >= 0.6 is 0 Å². The second kappa shape index (κ2) is 8.54. The molecule has 2 aromatic rings. The molecule has 2 rings (SSSR count). The van der Waals surface area contributed by atoms with Crippen LogP contribution in [0.15, 0.2) is 73.3 Å². The standard InChI is InChI=1S/C11H12O2.C8H8/c1-8(2)11(12)13-10-7-5-4-6-9(10)3;1-2-8-6-4-3-5-7-8/h4-7H,1H2,2-3H3;2-7H,1H2. The van der Waals surface area contributed by atoms with E-state index in [1.807, 2.05) is 61.5 Å². The number of para-hydroxylation sites is 1. The van der Waals surface area contributed by atoms with Gasteiger partial charge in [-0.3, -0.25) is 0 Å². The van der Waals surface area contributed by atoms with Crippen molar-refractivity contribution in [3.05, 3.63) is 84.5 Å². The van der Waals surface area contributed by atoms with E-state index >= 15 is 0 Å². The van der Waals surface area contributed by atoms with Crippen molar-refractivity contribution in [1.82, 2.24) is 0 Å². The minimum Gasteiger partial charge on any atom is -0.423 e.